The first-order chi connectivity index (χ1) is 16.0. The maximum absolute atomic E-state index is 13.4. The second-order valence-electron chi connectivity index (χ2n) is 8.46. The summed E-state index contributed by atoms with van der Waals surface area (Å²) in [7, 11) is -2.50. The average molecular weight is 508 g/mol. The fourth-order valence-corrected chi connectivity index (χ4v) is 4.65. The van der Waals surface area contributed by atoms with E-state index in [1.54, 1.807) is 36.4 Å². The Balaban J connectivity index is 2.32. The number of nitrogens with zero attached hydrogens (tertiary/aromatic N) is 2. The number of hydrogen-bond acceptors (Lipinski definition) is 4. The lowest BCUT2D eigenvalue weighted by atomic mass is 10.1. The number of aryl methyl sites for hydroxylation is 1. The van der Waals surface area contributed by atoms with Crippen LogP contribution in [-0.2, 0) is 26.2 Å². The van der Waals surface area contributed by atoms with Gasteiger partial charge in [-0.1, -0.05) is 55.3 Å². The molecule has 0 aliphatic rings. The zero-order chi connectivity index (χ0) is 25.5. The number of carbonyl (C=O) groups excluding carboxylic acids is 2. The van der Waals surface area contributed by atoms with Crippen LogP contribution in [0.2, 0.25) is 5.02 Å². The van der Waals surface area contributed by atoms with Crippen molar-refractivity contribution < 1.29 is 18.0 Å². The molecule has 0 saturated heterocycles. The third-order valence-corrected chi connectivity index (χ3v) is 7.81. The summed E-state index contributed by atoms with van der Waals surface area (Å²) >= 11 is 5.99. The third kappa shape index (κ3) is 7.29. The van der Waals surface area contributed by atoms with Gasteiger partial charge in [-0.15, -0.1) is 0 Å². The summed E-state index contributed by atoms with van der Waals surface area (Å²) in [6, 6.07) is 12.7. The topological polar surface area (TPSA) is 86.8 Å². The monoisotopic (exact) mass is 507 g/mol. The number of benzene rings is 2. The van der Waals surface area contributed by atoms with Crippen molar-refractivity contribution in [1.29, 1.82) is 0 Å². The van der Waals surface area contributed by atoms with E-state index in [0.29, 0.717) is 11.4 Å². The largest absolute Gasteiger partial charge is 0.352 e. The Morgan fingerprint density at radius 1 is 1.00 bits per heavy atom. The highest BCUT2D eigenvalue weighted by molar-refractivity contribution is 7.89. The van der Waals surface area contributed by atoms with E-state index < -0.39 is 28.5 Å². The first-order valence-corrected chi connectivity index (χ1v) is 13.2. The van der Waals surface area contributed by atoms with E-state index >= 15 is 0 Å². The normalized spacial score (nSPS) is 13.4. The van der Waals surface area contributed by atoms with Gasteiger partial charge in [0.05, 0.1) is 11.4 Å². The van der Waals surface area contributed by atoms with E-state index in [9.17, 15) is 18.0 Å². The number of halogens is 1. The summed E-state index contributed by atoms with van der Waals surface area (Å²) in [4.78, 5) is 28.0. The molecule has 34 heavy (non-hydrogen) atoms. The molecule has 0 aromatic heterocycles. The van der Waals surface area contributed by atoms with Gasteiger partial charge in [0, 0.05) is 24.7 Å². The Labute approximate surface area is 208 Å². The Bertz CT molecular complexity index is 1070. The van der Waals surface area contributed by atoms with Crippen LogP contribution in [0.25, 0.3) is 0 Å². The quantitative estimate of drug-likeness (QED) is 0.498. The van der Waals surface area contributed by atoms with E-state index in [2.05, 4.69) is 5.32 Å². The number of carbonyl (C=O) groups is 2. The summed E-state index contributed by atoms with van der Waals surface area (Å²) in [6.07, 6.45) is 1.14. The summed E-state index contributed by atoms with van der Waals surface area (Å²) in [5.74, 6) is -0.720. The molecule has 0 radical (unpaired) electrons. The van der Waals surface area contributed by atoms with Gasteiger partial charge in [0.1, 0.15) is 6.04 Å². The van der Waals surface area contributed by atoms with Crippen molar-refractivity contribution in [3.05, 3.63) is 64.7 Å². The van der Waals surface area contributed by atoms with E-state index in [1.807, 2.05) is 27.7 Å². The molecule has 2 atom stereocenters. The molecule has 2 aromatic rings. The van der Waals surface area contributed by atoms with Crippen molar-refractivity contribution in [1.82, 2.24) is 14.5 Å². The van der Waals surface area contributed by atoms with Crippen LogP contribution in [0, 0.1) is 6.92 Å². The smallest absolute Gasteiger partial charge is 0.243 e. The van der Waals surface area contributed by atoms with E-state index in [1.165, 1.54) is 24.1 Å². The lowest BCUT2D eigenvalue weighted by Gasteiger charge is -2.32. The minimum absolute atomic E-state index is 0.0429. The molecule has 0 aliphatic heterocycles. The van der Waals surface area contributed by atoms with Crippen molar-refractivity contribution in [2.75, 3.05) is 13.6 Å². The SMILES string of the molecule is CC[C@H](C)NC(=O)[C@H](CC)N(Cc1ccc(Cl)cc1)C(=O)CN(C)S(=O)(=O)c1ccc(C)cc1. The van der Waals surface area contributed by atoms with Crippen LogP contribution >= 0.6 is 11.6 Å². The Hall–Kier alpha value is -2.42. The molecule has 0 aliphatic carbocycles. The number of amides is 2. The summed E-state index contributed by atoms with van der Waals surface area (Å²) < 4.78 is 27.1. The van der Waals surface area contributed by atoms with Crippen LogP contribution in [0.5, 0.6) is 0 Å². The van der Waals surface area contributed by atoms with Crippen LogP contribution in [0.3, 0.4) is 0 Å². The zero-order valence-corrected chi connectivity index (χ0v) is 22.0. The molecule has 0 spiro atoms. The fourth-order valence-electron chi connectivity index (χ4n) is 3.40. The number of sulfonamides is 1. The molecular formula is C25H34ClN3O4S. The Morgan fingerprint density at radius 3 is 2.12 bits per heavy atom. The highest BCUT2D eigenvalue weighted by Crippen LogP contribution is 2.18. The molecule has 0 saturated carbocycles. The van der Waals surface area contributed by atoms with Gasteiger partial charge in [-0.25, -0.2) is 8.42 Å². The molecule has 186 valence electrons. The number of nitrogens with one attached hydrogen (secondary N) is 1. The van der Waals surface area contributed by atoms with Crippen molar-refractivity contribution in [2.24, 2.45) is 0 Å². The van der Waals surface area contributed by atoms with E-state index in [-0.39, 0.29) is 23.4 Å². The molecule has 1 N–H and O–H groups in total. The van der Waals surface area contributed by atoms with Gasteiger partial charge in [0.15, 0.2) is 0 Å². The predicted octanol–water partition coefficient (Wildman–Crippen LogP) is 3.99. The van der Waals surface area contributed by atoms with Crippen molar-refractivity contribution in [3.8, 4) is 0 Å². The zero-order valence-electron chi connectivity index (χ0n) is 20.4. The van der Waals surface area contributed by atoms with Gasteiger partial charge in [-0.2, -0.15) is 4.31 Å². The summed E-state index contributed by atoms with van der Waals surface area (Å²) in [6.45, 7) is 7.33. The molecule has 0 unspecified atom stereocenters. The Morgan fingerprint density at radius 2 is 1.59 bits per heavy atom. The van der Waals surface area contributed by atoms with Gasteiger partial charge in [-0.05, 0) is 56.5 Å². The lowest BCUT2D eigenvalue weighted by Crippen LogP contribution is -2.53. The maximum Gasteiger partial charge on any atom is 0.243 e. The van der Waals surface area contributed by atoms with Crippen LogP contribution in [0.1, 0.15) is 44.7 Å². The highest BCUT2D eigenvalue weighted by Gasteiger charge is 2.32. The van der Waals surface area contributed by atoms with E-state index in [0.717, 1.165) is 21.9 Å². The molecule has 0 bridgehead atoms. The van der Waals surface area contributed by atoms with Gasteiger partial charge in [-0.3, -0.25) is 9.59 Å². The molecular weight excluding hydrogens is 474 g/mol. The third-order valence-electron chi connectivity index (χ3n) is 5.74. The minimum Gasteiger partial charge on any atom is -0.352 e. The van der Waals surface area contributed by atoms with Crippen LogP contribution < -0.4 is 5.32 Å². The summed E-state index contributed by atoms with van der Waals surface area (Å²) in [5, 5.41) is 3.50. The number of hydrogen-bond donors (Lipinski definition) is 1. The highest BCUT2D eigenvalue weighted by atomic mass is 35.5. The number of likely N-dealkylation sites (N-methyl/N-ethyl adjacent to an activating group) is 1. The molecule has 9 heteroatoms. The first-order valence-electron chi connectivity index (χ1n) is 11.4. The second kappa shape index (κ2) is 12.3. The predicted molar refractivity (Wildman–Crippen MR) is 135 cm³/mol. The van der Waals surface area contributed by atoms with Crippen LogP contribution in [0.15, 0.2) is 53.4 Å². The fraction of sp³-hybridized carbons (Fsp3) is 0.440. The van der Waals surface area contributed by atoms with E-state index in [4.69, 9.17) is 11.6 Å². The van der Waals surface area contributed by atoms with Gasteiger partial charge in [0.25, 0.3) is 0 Å². The average Bonchev–Trinajstić information content (AvgIpc) is 2.80. The molecule has 2 amide bonds. The lowest BCUT2D eigenvalue weighted by molar-refractivity contribution is -0.141. The van der Waals surface area contributed by atoms with Crippen LogP contribution in [0.4, 0.5) is 0 Å². The van der Waals surface area contributed by atoms with Crippen LogP contribution in [-0.4, -0.2) is 55.1 Å². The van der Waals surface area contributed by atoms with Crippen molar-refractivity contribution >= 4 is 33.4 Å². The van der Waals surface area contributed by atoms with Crippen molar-refractivity contribution in [3.63, 3.8) is 0 Å². The standard InChI is InChI=1S/C25H34ClN3O4S/c1-6-19(4)27-25(31)23(7-2)29(16-20-10-12-21(26)13-11-20)24(30)17-28(5)34(32,33)22-14-8-18(3)9-15-22/h8-15,19,23H,6-7,16-17H2,1-5H3,(H,27,31)/t19-,23-/m0/s1. The second-order valence-corrected chi connectivity index (χ2v) is 10.9. The first kappa shape index (κ1) is 27.8. The maximum atomic E-state index is 13.4. The molecule has 2 rings (SSSR count). The number of rotatable bonds is 11. The van der Waals surface area contributed by atoms with Crippen molar-refractivity contribution in [2.45, 2.75) is 64.1 Å². The molecule has 2 aromatic carbocycles. The molecule has 0 heterocycles. The minimum atomic E-state index is -3.87. The summed E-state index contributed by atoms with van der Waals surface area (Å²) in [5.41, 5.74) is 1.72. The van der Waals surface area contributed by atoms with Gasteiger partial charge < -0.3 is 10.2 Å². The molecule has 0 fully saturated rings. The van der Waals surface area contributed by atoms with Gasteiger partial charge in [0.2, 0.25) is 21.8 Å². The molecule has 7 nitrogen and oxygen atoms in total. The Kier molecular flexibility index (Phi) is 10.1. The van der Waals surface area contributed by atoms with Gasteiger partial charge >= 0.3 is 0 Å².